The first-order valence-corrected chi connectivity index (χ1v) is 10.4. The molecule has 35 heavy (non-hydrogen) atoms. The number of carbonyl (C=O) groups is 1. The largest absolute Gasteiger partial charge is 0.493 e. The van der Waals surface area contributed by atoms with Crippen LogP contribution < -0.4 is 19.5 Å². The Hall–Kier alpha value is -3.99. The highest BCUT2D eigenvalue weighted by molar-refractivity contribution is 6.37. The van der Waals surface area contributed by atoms with Gasteiger partial charge in [-0.15, -0.1) is 0 Å². The van der Waals surface area contributed by atoms with E-state index in [1.165, 1.54) is 33.5 Å². The molecule has 2 heterocycles. The van der Waals surface area contributed by atoms with Gasteiger partial charge < -0.3 is 19.5 Å². The van der Waals surface area contributed by atoms with Crippen molar-refractivity contribution in [3.63, 3.8) is 0 Å². The van der Waals surface area contributed by atoms with E-state index < -0.39 is 23.5 Å². The van der Waals surface area contributed by atoms with Crippen molar-refractivity contribution >= 4 is 28.8 Å². The summed E-state index contributed by atoms with van der Waals surface area (Å²) in [4.78, 5) is 17.2. The van der Waals surface area contributed by atoms with Crippen LogP contribution in [0.2, 0.25) is 5.02 Å². The van der Waals surface area contributed by atoms with Crippen molar-refractivity contribution in [1.29, 1.82) is 0 Å². The Bertz CT molecular complexity index is 1380. The molecule has 0 bridgehead atoms. The summed E-state index contributed by atoms with van der Waals surface area (Å²) >= 11 is 6.32. The molecule has 0 spiro atoms. The first-order chi connectivity index (χ1) is 16.7. The number of benzene rings is 2. The van der Waals surface area contributed by atoms with Crippen molar-refractivity contribution < 1.29 is 32.2 Å². The number of fused-ring (bicyclic) bond motifs is 1. The summed E-state index contributed by atoms with van der Waals surface area (Å²) in [6.07, 6.45) is -4.79. The molecule has 0 saturated carbocycles. The van der Waals surface area contributed by atoms with Gasteiger partial charge >= 0.3 is 6.18 Å². The van der Waals surface area contributed by atoms with Crippen LogP contribution >= 0.6 is 11.6 Å². The third kappa shape index (κ3) is 4.54. The number of ether oxygens (including phenoxy) is 3. The number of hydrogen-bond acceptors (Lipinski definition) is 6. The Labute approximate surface area is 202 Å². The van der Waals surface area contributed by atoms with Crippen LogP contribution in [-0.4, -0.2) is 41.8 Å². The van der Waals surface area contributed by atoms with E-state index in [-0.39, 0.29) is 33.6 Å². The molecule has 0 atom stereocenters. The highest BCUT2D eigenvalue weighted by atomic mass is 35.5. The Morgan fingerprint density at radius 2 is 1.63 bits per heavy atom. The van der Waals surface area contributed by atoms with Gasteiger partial charge in [-0.1, -0.05) is 41.9 Å². The number of hydrogen-bond donors (Lipinski definition) is 1. The maximum Gasteiger partial charge on any atom is 0.433 e. The quantitative estimate of drug-likeness (QED) is 0.379. The first kappa shape index (κ1) is 24.1. The van der Waals surface area contributed by atoms with E-state index in [1.807, 2.05) is 0 Å². The van der Waals surface area contributed by atoms with Gasteiger partial charge in [0.1, 0.15) is 5.02 Å². The number of anilines is 1. The number of nitrogens with one attached hydrogen (secondary N) is 1. The molecule has 1 amide bonds. The van der Waals surface area contributed by atoms with Crippen molar-refractivity contribution in [3.8, 4) is 28.5 Å². The highest BCUT2D eigenvalue weighted by Crippen LogP contribution is 2.40. The van der Waals surface area contributed by atoms with Crippen LogP contribution in [0.25, 0.3) is 16.9 Å². The van der Waals surface area contributed by atoms with Crippen molar-refractivity contribution in [2.75, 3.05) is 26.6 Å². The van der Waals surface area contributed by atoms with Crippen LogP contribution in [-0.2, 0) is 6.18 Å². The molecule has 12 heteroatoms. The molecular weight excluding hydrogens is 489 g/mol. The summed E-state index contributed by atoms with van der Waals surface area (Å²) in [5.74, 6) is -0.0380. The van der Waals surface area contributed by atoms with Gasteiger partial charge in [0.15, 0.2) is 28.5 Å². The van der Waals surface area contributed by atoms with E-state index in [0.29, 0.717) is 15.8 Å². The van der Waals surface area contributed by atoms with E-state index in [9.17, 15) is 18.0 Å². The zero-order valence-electron chi connectivity index (χ0n) is 18.6. The van der Waals surface area contributed by atoms with Crippen LogP contribution in [0.15, 0.2) is 48.5 Å². The molecule has 0 radical (unpaired) electrons. The lowest BCUT2D eigenvalue weighted by molar-refractivity contribution is -0.142. The minimum atomic E-state index is -4.79. The molecule has 4 aromatic rings. The fourth-order valence-corrected chi connectivity index (χ4v) is 3.68. The first-order valence-electron chi connectivity index (χ1n) is 10.0. The maximum absolute atomic E-state index is 13.9. The zero-order valence-corrected chi connectivity index (χ0v) is 19.4. The van der Waals surface area contributed by atoms with Crippen LogP contribution in [0.3, 0.4) is 0 Å². The summed E-state index contributed by atoms with van der Waals surface area (Å²) < 4.78 is 57.9. The molecular formula is C23H18ClF3N4O4. The third-order valence-electron chi connectivity index (χ3n) is 5.03. The molecule has 1 N–H and O–H groups in total. The molecule has 2 aromatic heterocycles. The number of aromatic nitrogens is 3. The van der Waals surface area contributed by atoms with E-state index in [4.69, 9.17) is 25.8 Å². The summed E-state index contributed by atoms with van der Waals surface area (Å²) in [6.45, 7) is 0. The summed E-state index contributed by atoms with van der Waals surface area (Å²) in [6, 6.07) is 12.1. The average Bonchev–Trinajstić information content (AvgIpc) is 3.19. The Morgan fingerprint density at radius 1 is 1.00 bits per heavy atom. The van der Waals surface area contributed by atoms with Gasteiger partial charge in [-0.2, -0.15) is 18.3 Å². The van der Waals surface area contributed by atoms with Gasteiger partial charge in [0.2, 0.25) is 5.75 Å². The smallest absolute Gasteiger partial charge is 0.433 e. The zero-order chi connectivity index (χ0) is 25.3. The number of rotatable bonds is 6. The number of alkyl halides is 3. The van der Waals surface area contributed by atoms with Crippen LogP contribution in [0.4, 0.5) is 18.9 Å². The molecule has 0 aliphatic carbocycles. The Kier molecular flexibility index (Phi) is 6.44. The van der Waals surface area contributed by atoms with Crippen molar-refractivity contribution in [2.45, 2.75) is 6.18 Å². The summed E-state index contributed by atoms with van der Waals surface area (Å²) in [5.41, 5.74) is -1.19. The number of halogens is 4. The fourth-order valence-electron chi connectivity index (χ4n) is 3.44. The Morgan fingerprint density at radius 3 is 2.17 bits per heavy atom. The van der Waals surface area contributed by atoms with Gasteiger partial charge in [-0.3, -0.25) is 4.79 Å². The van der Waals surface area contributed by atoms with E-state index in [0.717, 1.165) is 6.07 Å². The summed E-state index contributed by atoms with van der Waals surface area (Å²) in [7, 11) is 4.22. The molecule has 0 aliphatic heterocycles. The van der Waals surface area contributed by atoms with Crippen LogP contribution in [0, 0.1) is 0 Å². The molecule has 0 saturated heterocycles. The number of nitrogens with zero attached hydrogens (tertiary/aromatic N) is 3. The second-order valence-corrected chi connectivity index (χ2v) is 7.53. The van der Waals surface area contributed by atoms with Crippen molar-refractivity contribution in [2.24, 2.45) is 0 Å². The lowest BCUT2D eigenvalue weighted by Gasteiger charge is -2.14. The second kappa shape index (κ2) is 9.34. The molecule has 8 nitrogen and oxygen atoms in total. The van der Waals surface area contributed by atoms with E-state index in [2.05, 4.69) is 15.4 Å². The predicted octanol–water partition coefficient (Wildman–Crippen LogP) is 5.35. The van der Waals surface area contributed by atoms with Crippen molar-refractivity contribution in [3.05, 3.63) is 64.9 Å². The minimum Gasteiger partial charge on any atom is -0.493 e. The van der Waals surface area contributed by atoms with Crippen LogP contribution in [0.1, 0.15) is 16.2 Å². The predicted molar refractivity (Wildman–Crippen MR) is 122 cm³/mol. The number of methoxy groups -OCH3 is 3. The number of amides is 1. The topological polar surface area (TPSA) is 87.0 Å². The molecule has 2 aromatic carbocycles. The van der Waals surface area contributed by atoms with Gasteiger partial charge in [0, 0.05) is 23.4 Å². The standard InChI is InChI=1S/C23H18ClF3N4O4/c1-33-15-9-13(10-16(34-2)20(15)35-3)28-22(32)19-18(24)21-29-14(12-7-5-4-6-8-12)11-17(23(25,26)27)31(21)30-19/h4-11H,1-3H3,(H,28,32). The lowest BCUT2D eigenvalue weighted by atomic mass is 10.1. The van der Waals surface area contributed by atoms with Gasteiger partial charge in [-0.05, 0) is 6.07 Å². The monoisotopic (exact) mass is 506 g/mol. The van der Waals surface area contributed by atoms with Gasteiger partial charge in [0.25, 0.3) is 5.91 Å². The third-order valence-corrected chi connectivity index (χ3v) is 5.38. The van der Waals surface area contributed by atoms with Crippen LogP contribution in [0.5, 0.6) is 17.2 Å². The number of carbonyl (C=O) groups excluding carboxylic acids is 1. The second-order valence-electron chi connectivity index (χ2n) is 7.16. The minimum absolute atomic E-state index is 0.0313. The molecule has 0 unspecified atom stereocenters. The average molecular weight is 507 g/mol. The highest BCUT2D eigenvalue weighted by Gasteiger charge is 2.36. The fraction of sp³-hybridized carbons (Fsp3) is 0.174. The maximum atomic E-state index is 13.9. The molecule has 0 fully saturated rings. The molecule has 4 rings (SSSR count). The lowest BCUT2D eigenvalue weighted by Crippen LogP contribution is -2.16. The normalized spacial score (nSPS) is 11.4. The summed E-state index contributed by atoms with van der Waals surface area (Å²) in [5, 5.41) is 6.04. The Balaban J connectivity index is 1.80. The molecule has 182 valence electrons. The van der Waals surface area contributed by atoms with Gasteiger partial charge in [0.05, 0.1) is 27.0 Å². The SMILES string of the molecule is COc1cc(NC(=O)c2nn3c(C(F)(F)F)cc(-c4ccccc4)nc3c2Cl)cc(OC)c1OC. The van der Waals surface area contributed by atoms with E-state index in [1.54, 1.807) is 30.3 Å². The molecule has 0 aliphatic rings. The van der Waals surface area contributed by atoms with E-state index >= 15 is 0 Å². The van der Waals surface area contributed by atoms with Gasteiger partial charge in [-0.25, -0.2) is 9.50 Å². The van der Waals surface area contributed by atoms with Crippen molar-refractivity contribution in [1.82, 2.24) is 14.6 Å².